The molecule has 5 nitrogen and oxygen atoms in total. The number of hydrogen-bond acceptors (Lipinski definition) is 4. The molecule has 4 aromatic rings. The Kier molecular flexibility index (Phi) is 8.53. The van der Waals surface area contributed by atoms with Crippen LogP contribution in [0.5, 0.6) is 0 Å². The fourth-order valence-corrected chi connectivity index (χ4v) is 7.01. The number of carbonyl (C=O) groups is 1. The number of pyridine rings is 1. The van der Waals surface area contributed by atoms with Crippen LogP contribution in [-0.2, 0) is 23.1 Å². The van der Waals surface area contributed by atoms with Gasteiger partial charge in [0.1, 0.15) is 4.83 Å². The zero-order chi connectivity index (χ0) is 27.4. The zero-order valence-electron chi connectivity index (χ0n) is 23.9. The molecule has 1 aromatic carbocycles. The van der Waals surface area contributed by atoms with E-state index in [1.165, 1.54) is 43.9 Å². The predicted octanol–water partition coefficient (Wildman–Crippen LogP) is 6.96. The molecule has 1 aliphatic rings. The number of carbonyl (C=O) groups excluding carboxylic acids is 1. The summed E-state index contributed by atoms with van der Waals surface area (Å²) in [6.45, 7) is 12.2. The number of H-pyrrole nitrogens is 1. The van der Waals surface area contributed by atoms with Crippen LogP contribution in [0.25, 0.3) is 21.5 Å². The van der Waals surface area contributed by atoms with Crippen molar-refractivity contribution in [2.75, 3.05) is 26.2 Å². The maximum Gasteiger partial charge on any atom is 0.233 e. The van der Waals surface area contributed by atoms with E-state index in [-0.39, 0.29) is 5.91 Å². The van der Waals surface area contributed by atoms with Gasteiger partial charge in [-0.3, -0.25) is 9.78 Å². The number of thiophene rings is 1. The Morgan fingerprint density at radius 2 is 1.79 bits per heavy atom. The summed E-state index contributed by atoms with van der Waals surface area (Å²) in [5, 5.41) is 4.94. The highest BCUT2D eigenvalue weighted by Crippen LogP contribution is 2.41. The van der Waals surface area contributed by atoms with Crippen molar-refractivity contribution in [2.45, 2.75) is 71.6 Å². The summed E-state index contributed by atoms with van der Waals surface area (Å²) >= 11 is 1.75. The molecule has 4 heterocycles. The number of aromatic nitrogens is 2. The Morgan fingerprint density at radius 1 is 1.03 bits per heavy atom. The molecular weight excluding hydrogens is 500 g/mol. The van der Waals surface area contributed by atoms with Crippen molar-refractivity contribution in [3.05, 3.63) is 75.9 Å². The molecule has 0 spiro atoms. The minimum Gasteiger partial charge on any atom is -0.346 e. The lowest BCUT2D eigenvalue weighted by Gasteiger charge is -2.28. The van der Waals surface area contributed by atoms with Crippen molar-refractivity contribution >= 4 is 27.5 Å². The number of rotatable bonds is 11. The molecule has 6 heteroatoms. The highest BCUT2D eigenvalue weighted by Gasteiger charge is 2.36. The monoisotopic (exact) mass is 542 g/mol. The van der Waals surface area contributed by atoms with Gasteiger partial charge in [-0.2, -0.15) is 0 Å². The van der Waals surface area contributed by atoms with Gasteiger partial charge in [-0.25, -0.2) is 0 Å². The highest BCUT2D eigenvalue weighted by atomic mass is 32.1. The van der Waals surface area contributed by atoms with Crippen molar-refractivity contribution in [1.29, 1.82) is 0 Å². The van der Waals surface area contributed by atoms with E-state index in [9.17, 15) is 4.79 Å². The number of fused-ring (bicyclic) bond motifs is 1. The van der Waals surface area contributed by atoms with Crippen LogP contribution >= 0.6 is 11.3 Å². The van der Waals surface area contributed by atoms with Crippen LogP contribution < -0.4 is 5.32 Å². The van der Waals surface area contributed by atoms with Gasteiger partial charge in [-0.15, -0.1) is 11.3 Å². The number of benzene rings is 1. The van der Waals surface area contributed by atoms with E-state index in [2.05, 4.69) is 79.4 Å². The third-order valence-electron chi connectivity index (χ3n) is 7.97. The molecule has 0 bridgehead atoms. The van der Waals surface area contributed by atoms with Crippen LogP contribution in [0.4, 0.5) is 0 Å². The second-order valence-electron chi connectivity index (χ2n) is 11.6. The standard InChI is InChI=1S/C33H42N4OS/c1-23-19-24(2)21-25(20-23)30-27(13-16-34-14-7-5-11-26-12-6-8-15-35-26)28-22-29(39-31(28)36-30)33(3,4)32(38)37-17-9-10-18-37/h6,8,12,15,19-22,34,36H,5,7,9-11,13-14,16-18H2,1-4H3. The Labute approximate surface area is 237 Å². The number of nitrogens with zero attached hydrogens (tertiary/aromatic N) is 2. The molecule has 5 rings (SSSR count). The van der Waals surface area contributed by atoms with Gasteiger partial charge in [0.05, 0.1) is 11.1 Å². The number of amides is 1. The molecule has 206 valence electrons. The van der Waals surface area contributed by atoms with Crippen LogP contribution in [0.1, 0.15) is 66.8 Å². The molecule has 1 fully saturated rings. The van der Waals surface area contributed by atoms with Crippen LogP contribution in [0.3, 0.4) is 0 Å². The topological polar surface area (TPSA) is 61.0 Å². The summed E-state index contributed by atoms with van der Waals surface area (Å²) in [6.07, 6.45) is 8.36. The Morgan fingerprint density at radius 3 is 2.51 bits per heavy atom. The van der Waals surface area contributed by atoms with E-state index in [1.54, 1.807) is 11.3 Å². The van der Waals surface area contributed by atoms with E-state index in [1.807, 2.05) is 17.2 Å². The van der Waals surface area contributed by atoms with E-state index in [0.717, 1.165) is 69.6 Å². The summed E-state index contributed by atoms with van der Waals surface area (Å²) in [4.78, 5) is 26.0. The van der Waals surface area contributed by atoms with Gasteiger partial charge in [-0.1, -0.05) is 23.3 Å². The SMILES string of the molecule is Cc1cc(C)cc(-c2[nH]c3sc(C(C)(C)C(=O)N4CCCC4)cc3c2CCNCCCCc2ccccn2)c1. The molecule has 2 N–H and O–H groups in total. The molecule has 0 aliphatic carbocycles. The lowest BCUT2D eigenvalue weighted by molar-refractivity contribution is -0.135. The Balaban J connectivity index is 1.33. The maximum atomic E-state index is 13.4. The molecular formula is C33H42N4OS. The quantitative estimate of drug-likeness (QED) is 0.201. The van der Waals surface area contributed by atoms with E-state index in [0.29, 0.717) is 0 Å². The number of aryl methyl sites for hydroxylation is 3. The van der Waals surface area contributed by atoms with Gasteiger partial charge in [0.15, 0.2) is 0 Å². The molecule has 0 unspecified atom stereocenters. The fraction of sp³-hybridized carbons (Fsp3) is 0.455. The summed E-state index contributed by atoms with van der Waals surface area (Å²) in [5.41, 5.74) is 7.02. The number of likely N-dealkylation sites (tertiary alicyclic amines) is 1. The molecule has 0 atom stereocenters. The molecule has 1 saturated heterocycles. The second-order valence-corrected chi connectivity index (χ2v) is 12.7. The average molecular weight is 543 g/mol. The third kappa shape index (κ3) is 6.28. The van der Waals surface area contributed by atoms with Gasteiger partial charge in [0, 0.05) is 35.2 Å². The average Bonchev–Trinajstić information content (AvgIpc) is 3.65. The smallest absolute Gasteiger partial charge is 0.233 e. The summed E-state index contributed by atoms with van der Waals surface area (Å²) in [7, 11) is 0. The van der Waals surface area contributed by atoms with Crippen LogP contribution in [0.15, 0.2) is 48.7 Å². The molecule has 3 aromatic heterocycles. The lowest BCUT2D eigenvalue weighted by atomic mass is 9.89. The minimum absolute atomic E-state index is 0.257. The Hall–Kier alpha value is -2.96. The normalized spacial score (nSPS) is 14.0. The lowest BCUT2D eigenvalue weighted by Crippen LogP contribution is -2.41. The summed E-state index contributed by atoms with van der Waals surface area (Å²) < 4.78 is 0. The van der Waals surface area contributed by atoms with Gasteiger partial charge in [0.2, 0.25) is 5.91 Å². The first-order valence-electron chi connectivity index (χ1n) is 14.5. The van der Waals surface area contributed by atoms with Crippen LogP contribution in [0.2, 0.25) is 0 Å². The van der Waals surface area contributed by atoms with E-state index in [4.69, 9.17) is 0 Å². The molecule has 1 aliphatic heterocycles. The number of unbranched alkanes of at least 4 members (excludes halogenated alkanes) is 1. The van der Waals surface area contributed by atoms with Gasteiger partial charge < -0.3 is 15.2 Å². The van der Waals surface area contributed by atoms with Crippen LogP contribution in [-0.4, -0.2) is 47.0 Å². The Bertz CT molecular complexity index is 1390. The maximum absolute atomic E-state index is 13.4. The third-order valence-corrected chi connectivity index (χ3v) is 9.34. The first kappa shape index (κ1) is 27.6. The second kappa shape index (κ2) is 12.1. The highest BCUT2D eigenvalue weighted by molar-refractivity contribution is 7.19. The largest absolute Gasteiger partial charge is 0.346 e. The minimum atomic E-state index is -0.516. The van der Waals surface area contributed by atoms with E-state index >= 15 is 0 Å². The number of aromatic amines is 1. The number of nitrogens with one attached hydrogen (secondary N) is 2. The van der Waals surface area contributed by atoms with Gasteiger partial charge in [-0.05, 0) is 121 Å². The van der Waals surface area contributed by atoms with Crippen molar-refractivity contribution in [3.8, 4) is 11.3 Å². The summed E-state index contributed by atoms with van der Waals surface area (Å²) in [6, 6.07) is 15.2. The van der Waals surface area contributed by atoms with Gasteiger partial charge >= 0.3 is 0 Å². The predicted molar refractivity (Wildman–Crippen MR) is 164 cm³/mol. The molecule has 1 amide bonds. The summed E-state index contributed by atoms with van der Waals surface area (Å²) in [5.74, 6) is 0.257. The van der Waals surface area contributed by atoms with Crippen molar-refractivity contribution in [2.24, 2.45) is 0 Å². The van der Waals surface area contributed by atoms with Crippen molar-refractivity contribution in [1.82, 2.24) is 20.2 Å². The van der Waals surface area contributed by atoms with Crippen molar-refractivity contribution < 1.29 is 4.79 Å². The first-order chi connectivity index (χ1) is 18.8. The number of hydrogen-bond donors (Lipinski definition) is 2. The van der Waals surface area contributed by atoms with Gasteiger partial charge in [0.25, 0.3) is 0 Å². The van der Waals surface area contributed by atoms with Crippen LogP contribution in [0, 0.1) is 13.8 Å². The fourth-order valence-electron chi connectivity index (χ4n) is 5.83. The zero-order valence-corrected chi connectivity index (χ0v) is 24.7. The molecule has 0 radical (unpaired) electrons. The molecule has 0 saturated carbocycles. The molecule has 39 heavy (non-hydrogen) atoms. The first-order valence-corrected chi connectivity index (χ1v) is 15.3. The van der Waals surface area contributed by atoms with Crippen molar-refractivity contribution in [3.63, 3.8) is 0 Å². The van der Waals surface area contributed by atoms with E-state index < -0.39 is 5.41 Å².